The zero-order valence-corrected chi connectivity index (χ0v) is 14.9. The molecule has 0 saturated carbocycles. The summed E-state index contributed by atoms with van der Waals surface area (Å²) < 4.78 is 26.9. The lowest BCUT2D eigenvalue weighted by molar-refractivity contribution is -0.123. The van der Waals surface area contributed by atoms with Crippen molar-refractivity contribution < 1.29 is 18.0 Å². The van der Waals surface area contributed by atoms with Crippen molar-refractivity contribution in [2.24, 2.45) is 11.7 Å². The lowest BCUT2D eigenvalue weighted by Crippen LogP contribution is -2.41. The maximum absolute atomic E-state index is 12.7. The molecule has 0 atom stereocenters. The molecule has 2 aliphatic rings. The van der Waals surface area contributed by atoms with E-state index in [-0.39, 0.29) is 22.6 Å². The minimum atomic E-state index is -3.59. The molecule has 3 rings (SSSR count). The van der Waals surface area contributed by atoms with Crippen molar-refractivity contribution in [2.45, 2.75) is 37.0 Å². The quantitative estimate of drug-likeness (QED) is 0.863. The van der Waals surface area contributed by atoms with Gasteiger partial charge in [0.05, 0.1) is 4.90 Å². The molecule has 1 aromatic rings. The van der Waals surface area contributed by atoms with Crippen LogP contribution in [0.15, 0.2) is 29.2 Å². The van der Waals surface area contributed by atoms with Gasteiger partial charge in [-0.2, -0.15) is 4.31 Å². The third-order valence-electron chi connectivity index (χ3n) is 4.97. The normalized spacial score (nSPS) is 20.6. The van der Waals surface area contributed by atoms with Gasteiger partial charge in [0.1, 0.15) is 0 Å². The van der Waals surface area contributed by atoms with Crippen molar-refractivity contribution in [2.75, 3.05) is 24.5 Å². The molecule has 2 amide bonds. The molecule has 2 heterocycles. The summed E-state index contributed by atoms with van der Waals surface area (Å²) in [7, 11) is -3.59. The fourth-order valence-electron chi connectivity index (χ4n) is 3.41. The predicted octanol–water partition coefficient (Wildman–Crippen LogP) is 1.09. The minimum Gasteiger partial charge on any atom is -0.369 e. The molecule has 2 fully saturated rings. The van der Waals surface area contributed by atoms with Crippen molar-refractivity contribution in [1.82, 2.24) is 4.31 Å². The number of amides is 2. The van der Waals surface area contributed by atoms with Gasteiger partial charge in [0.25, 0.3) is 0 Å². The topological polar surface area (TPSA) is 101 Å². The monoisotopic (exact) mass is 365 g/mol. The summed E-state index contributed by atoms with van der Waals surface area (Å²) in [6.45, 7) is 1.26. The van der Waals surface area contributed by atoms with E-state index in [4.69, 9.17) is 5.73 Å². The van der Waals surface area contributed by atoms with Gasteiger partial charge in [-0.3, -0.25) is 9.59 Å². The first-order valence-electron chi connectivity index (χ1n) is 8.59. The fourth-order valence-corrected chi connectivity index (χ4v) is 4.88. The fraction of sp³-hybridized carbons (Fsp3) is 0.529. The van der Waals surface area contributed by atoms with Crippen LogP contribution in [-0.2, 0) is 19.6 Å². The molecule has 2 N–H and O–H groups in total. The smallest absolute Gasteiger partial charge is 0.243 e. The highest BCUT2D eigenvalue weighted by atomic mass is 32.2. The SMILES string of the molecule is NC(=O)C1CCN(S(=O)(=O)c2ccc(N3CCCCC3=O)cc2)CC1. The second kappa shape index (κ2) is 7.13. The molecular formula is C17H23N3O4S. The second-order valence-corrected chi connectivity index (χ2v) is 8.52. The maximum atomic E-state index is 12.7. The number of nitrogens with two attached hydrogens (primary N) is 1. The molecule has 8 heteroatoms. The number of carbonyl (C=O) groups is 2. The van der Waals surface area contributed by atoms with Crippen LogP contribution in [0.25, 0.3) is 0 Å². The highest BCUT2D eigenvalue weighted by Gasteiger charge is 2.31. The van der Waals surface area contributed by atoms with E-state index >= 15 is 0 Å². The number of primary amides is 1. The number of carbonyl (C=O) groups excluding carboxylic acids is 2. The van der Waals surface area contributed by atoms with Crippen molar-refractivity contribution in [1.29, 1.82) is 0 Å². The number of hydrogen-bond acceptors (Lipinski definition) is 4. The second-order valence-electron chi connectivity index (χ2n) is 6.58. The minimum absolute atomic E-state index is 0.0791. The Bertz CT molecular complexity index is 753. The van der Waals surface area contributed by atoms with Gasteiger partial charge >= 0.3 is 0 Å². The van der Waals surface area contributed by atoms with E-state index in [2.05, 4.69) is 0 Å². The van der Waals surface area contributed by atoms with E-state index in [1.807, 2.05) is 0 Å². The first-order chi connectivity index (χ1) is 11.9. The highest BCUT2D eigenvalue weighted by molar-refractivity contribution is 7.89. The van der Waals surface area contributed by atoms with Crippen LogP contribution in [0, 0.1) is 5.92 Å². The molecule has 7 nitrogen and oxygen atoms in total. The zero-order valence-electron chi connectivity index (χ0n) is 14.1. The Labute approximate surface area is 147 Å². The Morgan fingerprint density at radius 1 is 1.04 bits per heavy atom. The molecule has 1 aromatic carbocycles. The average Bonchev–Trinajstić information content (AvgIpc) is 2.62. The number of nitrogens with zero attached hydrogens (tertiary/aromatic N) is 2. The van der Waals surface area contributed by atoms with E-state index in [0.717, 1.165) is 18.5 Å². The number of piperidine rings is 2. The number of benzene rings is 1. The molecule has 0 unspecified atom stereocenters. The lowest BCUT2D eigenvalue weighted by atomic mass is 9.98. The van der Waals surface area contributed by atoms with Gasteiger partial charge in [0.2, 0.25) is 21.8 Å². The van der Waals surface area contributed by atoms with Gasteiger partial charge in [0.15, 0.2) is 0 Å². The molecule has 0 aromatic heterocycles. The van der Waals surface area contributed by atoms with E-state index in [9.17, 15) is 18.0 Å². The Morgan fingerprint density at radius 2 is 1.68 bits per heavy atom. The van der Waals surface area contributed by atoms with Crippen LogP contribution in [0.3, 0.4) is 0 Å². The van der Waals surface area contributed by atoms with Crippen molar-refractivity contribution in [3.63, 3.8) is 0 Å². The highest BCUT2D eigenvalue weighted by Crippen LogP contribution is 2.26. The Morgan fingerprint density at radius 3 is 2.24 bits per heavy atom. The van der Waals surface area contributed by atoms with Crippen LogP contribution in [0.5, 0.6) is 0 Å². The Hall–Kier alpha value is -1.93. The lowest BCUT2D eigenvalue weighted by Gasteiger charge is -2.30. The number of sulfonamides is 1. The van der Waals surface area contributed by atoms with Crippen molar-refractivity contribution in [3.8, 4) is 0 Å². The Balaban J connectivity index is 1.73. The first-order valence-corrected chi connectivity index (χ1v) is 10.0. The van der Waals surface area contributed by atoms with E-state index < -0.39 is 10.0 Å². The van der Waals surface area contributed by atoms with Crippen LogP contribution in [0.4, 0.5) is 5.69 Å². The summed E-state index contributed by atoms with van der Waals surface area (Å²) in [6, 6.07) is 6.47. The van der Waals surface area contributed by atoms with Crippen LogP contribution < -0.4 is 10.6 Å². The molecule has 0 bridgehead atoms. The summed E-state index contributed by atoms with van der Waals surface area (Å²) in [5.74, 6) is -0.540. The van der Waals surface area contributed by atoms with Gasteiger partial charge in [-0.05, 0) is 49.9 Å². The standard InChI is InChI=1S/C17H23N3O4S/c18-17(22)13-8-11-19(12-9-13)25(23,24)15-6-4-14(5-7-15)20-10-2-1-3-16(20)21/h4-7,13H,1-3,8-12H2,(H2,18,22). The number of hydrogen-bond donors (Lipinski definition) is 1. The molecule has 25 heavy (non-hydrogen) atoms. The molecular weight excluding hydrogens is 342 g/mol. The van der Waals surface area contributed by atoms with Crippen LogP contribution >= 0.6 is 0 Å². The molecule has 0 aliphatic carbocycles. The largest absolute Gasteiger partial charge is 0.369 e. The Kier molecular flexibility index (Phi) is 5.10. The molecule has 2 aliphatic heterocycles. The van der Waals surface area contributed by atoms with Crippen LogP contribution in [-0.4, -0.2) is 44.2 Å². The number of rotatable bonds is 4. The summed E-state index contributed by atoms with van der Waals surface area (Å²) in [5.41, 5.74) is 6.02. The van der Waals surface area contributed by atoms with E-state index in [1.165, 1.54) is 4.31 Å². The van der Waals surface area contributed by atoms with Gasteiger partial charge in [-0.15, -0.1) is 0 Å². The predicted molar refractivity (Wildman–Crippen MR) is 93.3 cm³/mol. The van der Waals surface area contributed by atoms with E-state index in [0.29, 0.717) is 38.9 Å². The molecule has 0 spiro atoms. The third-order valence-corrected chi connectivity index (χ3v) is 6.88. The van der Waals surface area contributed by atoms with Crippen LogP contribution in [0.2, 0.25) is 0 Å². The first kappa shape index (κ1) is 17.9. The summed E-state index contributed by atoms with van der Waals surface area (Å²) in [4.78, 5) is 25.1. The van der Waals surface area contributed by atoms with Gasteiger partial charge < -0.3 is 10.6 Å². The summed E-state index contributed by atoms with van der Waals surface area (Å²) in [6.07, 6.45) is 3.31. The van der Waals surface area contributed by atoms with Crippen molar-refractivity contribution >= 4 is 27.5 Å². The number of anilines is 1. The van der Waals surface area contributed by atoms with E-state index in [1.54, 1.807) is 29.2 Å². The summed E-state index contributed by atoms with van der Waals surface area (Å²) >= 11 is 0. The molecule has 2 saturated heterocycles. The van der Waals surface area contributed by atoms with Gasteiger partial charge in [-0.1, -0.05) is 0 Å². The molecule has 0 radical (unpaired) electrons. The zero-order chi connectivity index (χ0) is 18.0. The van der Waals surface area contributed by atoms with Crippen molar-refractivity contribution in [3.05, 3.63) is 24.3 Å². The molecule has 136 valence electrons. The third kappa shape index (κ3) is 3.69. The summed E-state index contributed by atoms with van der Waals surface area (Å²) in [5, 5.41) is 0. The maximum Gasteiger partial charge on any atom is 0.243 e. The van der Waals surface area contributed by atoms with Crippen LogP contribution in [0.1, 0.15) is 32.1 Å². The van der Waals surface area contributed by atoms with Gasteiger partial charge in [0, 0.05) is 37.7 Å². The van der Waals surface area contributed by atoms with Gasteiger partial charge in [-0.25, -0.2) is 8.42 Å². The average molecular weight is 365 g/mol.